The summed E-state index contributed by atoms with van der Waals surface area (Å²) in [6.45, 7) is 0. The second kappa shape index (κ2) is 11.8. The third-order valence-corrected chi connectivity index (χ3v) is 9.28. The van der Waals surface area contributed by atoms with Gasteiger partial charge in [0.05, 0.1) is 11.1 Å². The van der Waals surface area contributed by atoms with Crippen LogP contribution in [0.5, 0.6) is 0 Å². The average Bonchev–Trinajstić information content (AvgIpc) is 3.57. The van der Waals surface area contributed by atoms with Crippen LogP contribution in [0.4, 0.5) is 17.1 Å². The molecule has 0 N–H and O–H groups in total. The van der Waals surface area contributed by atoms with Crippen molar-refractivity contribution in [1.82, 2.24) is 0 Å². The number of benzene rings is 8. The quantitative estimate of drug-likeness (QED) is 0.185. The molecule has 1 aromatic heterocycles. The van der Waals surface area contributed by atoms with Crippen molar-refractivity contribution < 1.29 is 4.42 Å². The summed E-state index contributed by atoms with van der Waals surface area (Å²) < 4.78 is 7.06. The van der Waals surface area contributed by atoms with Gasteiger partial charge in [-0.2, -0.15) is 0 Å². The maximum atomic E-state index is 7.06. The smallest absolute Gasteiger partial charge is 0.145 e. The fourth-order valence-corrected chi connectivity index (χ4v) is 7.01. The molecule has 9 aromatic rings. The lowest BCUT2D eigenvalue weighted by atomic mass is 9.92. The van der Waals surface area contributed by atoms with Gasteiger partial charge >= 0.3 is 0 Å². The van der Waals surface area contributed by atoms with E-state index in [1.807, 2.05) is 0 Å². The Morgan fingerprint density at radius 1 is 0.333 bits per heavy atom. The van der Waals surface area contributed by atoms with Crippen LogP contribution in [0, 0.1) is 0 Å². The van der Waals surface area contributed by atoms with Crippen LogP contribution in [0.25, 0.3) is 66.1 Å². The van der Waals surface area contributed by atoms with Gasteiger partial charge in [-0.1, -0.05) is 146 Å². The maximum Gasteiger partial charge on any atom is 0.145 e. The lowest BCUT2D eigenvalue weighted by Crippen LogP contribution is -2.10. The molecule has 0 aliphatic rings. The summed E-state index contributed by atoms with van der Waals surface area (Å²) in [5.74, 6) is 0. The Morgan fingerprint density at radius 2 is 0.917 bits per heavy atom. The SMILES string of the molecule is c1ccc(-c2ccc(N(c3ccccc3)c3ccc(-c4ccccc4-c4ccccc4)c4oc5c6ccccc6ccc5c34)cc2)cc1. The summed E-state index contributed by atoms with van der Waals surface area (Å²) in [6.07, 6.45) is 0. The van der Waals surface area contributed by atoms with E-state index in [0.717, 1.165) is 60.9 Å². The van der Waals surface area contributed by atoms with Gasteiger partial charge in [0.25, 0.3) is 0 Å². The molecule has 0 atom stereocenters. The average molecular weight is 614 g/mol. The fourth-order valence-electron chi connectivity index (χ4n) is 7.01. The summed E-state index contributed by atoms with van der Waals surface area (Å²) in [7, 11) is 0. The molecular formula is C46H31NO. The minimum atomic E-state index is 0.879. The molecule has 2 nitrogen and oxygen atoms in total. The number of para-hydroxylation sites is 1. The van der Waals surface area contributed by atoms with E-state index < -0.39 is 0 Å². The van der Waals surface area contributed by atoms with Crippen molar-refractivity contribution in [2.24, 2.45) is 0 Å². The molecule has 0 bridgehead atoms. The lowest BCUT2D eigenvalue weighted by Gasteiger charge is -2.27. The number of furan rings is 1. The van der Waals surface area contributed by atoms with Gasteiger partial charge in [0.2, 0.25) is 0 Å². The van der Waals surface area contributed by atoms with E-state index in [9.17, 15) is 0 Å². The summed E-state index contributed by atoms with van der Waals surface area (Å²) in [6, 6.07) is 66.7. The van der Waals surface area contributed by atoms with E-state index in [1.165, 1.54) is 22.3 Å². The van der Waals surface area contributed by atoms with Gasteiger partial charge in [-0.3, -0.25) is 0 Å². The Bertz CT molecular complexity index is 2530. The molecular weight excluding hydrogens is 583 g/mol. The second-order valence-corrected chi connectivity index (χ2v) is 12.1. The largest absolute Gasteiger partial charge is 0.455 e. The maximum absolute atomic E-state index is 7.06. The highest BCUT2D eigenvalue weighted by atomic mass is 16.3. The van der Waals surface area contributed by atoms with Crippen LogP contribution < -0.4 is 4.90 Å². The Kier molecular flexibility index (Phi) is 6.84. The minimum absolute atomic E-state index is 0.879. The highest BCUT2D eigenvalue weighted by Gasteiger charge is 2.24. The van der Waals surface area contributed by atoms with Crippen LogP contribution in [0.2, 0.25) is 0 Å². The number of hydrogen-bond acceptors (Lipinski definition) is 2. The van der Waals surface area contributed by atoms with E-state index in [0.29, 0.717) is 0 Å². The molecule has 0 saturated heterocycles. The van der Waals surface area contributed by atoms with Crippen LogP contribution in [0.1, 0.15) is 0 Å². The second-order valence-electron chi connectivity index (χ2n) is 12.1. The van der Waals surface area contributed by atoms with Crippen molar-refractivity contribution in [3.63, 3.8) is 0 Å². The van der Waals surface area contributed by atoms with E-state index in [2.05, 4.69) is 193 Å². The molecule has 48 heavy (non-hydrogen) atoms. The zero-order valence-electron chi connectivity index (χ0n) is 26.3. The predicted octanol–water partition coefficient (Wildman–Crippen LogP) is 13.2. The van der Waals surface area contributed by atoms with Crippen molar-refractivity contribution in [3.05, 3.63) is 188 Å². The van der Waals surface area contributed by atoms with Gasteiger partial charge in [-0.25, -0.2) is 0 Å². The summed E-state index contributed by atoms with van der Waals surface area (Å²) in [5, 5.41) is 4.46. The molecule has 0 fully saturated rings. The Balaban J connectivity index is 1.33. The van der Waals surface area contributed by atoms with Crippen molar-refractivity contribution in [3.8, 4) is 33.4 Å². The highest BCUT2D eigenvalue weighted by Crippen LogP contribution is 2.48. The van der Waals surface area contributed by atoms with Crippen LogP contribution in [0.3, 0.4) is 0 Å². The Labute approximate surface area is 279 Å². The normalized spacial score (nSPS) is 11.3. The first-order valence-corrected chi connectivity index (χ1v) is 16.4. The van der Waals surface area contributed by atoms with E-state index in [4.69, 9.17) is 4.42 Å². The van der Waals surface area contributed by atoms with Crippen LogP contribution in [-0.4, -0.2) is 0 Å². The fraction of sp³-hybridized carbons (Fsp3) is 0. The van der Waals surface area contributed by atoms with Crippen LogP contribution in [0.15, 0.2) is 192 Å². The van der Waals surface area contributed by atoms with Gasteiger partial charge < -0.3 is 9.32 Å². The van der Waals surface area contributed by atoms with Crippen LogP contribution >= 0.6 is 0 Å². The van der Waals surface area contributed by atoms with Gasteiger partial charge in [0.15, 0.2) is 0 Å². The van der Waals surface area contributed by atoms with Crippen LogP contribution in [-0.2, 0) is 0 Å². The van der Waals surface area contributed by atoms with Gasteiger partial charge in [0, 0.05) is 27.7 Å². The molecule has 0 spiro atoms. The zero-order chi connectivity index (χ0) is 31.9. The molecule has 1 heterocycles. The Hall–Kier alpha value is -6.38. The molecule has 0 aliphatic heterocycles. The molecule has 9 rings (SSSR count). The first-order valence-electron chi connectivity index (χ1n) is 16.4. The topological polar surface area (TPSA) is 16.4 Å². The molecule has 2 heteroatoms. The molecule has 0 saturated carbocycles. The van der Waals surface area contributed by atoms with E-state index >= 15 is 0 Å². The molecule has 8 aromatic carbocycles. The lowest BCUT2D eigenvalue weighted by molar-refractivity contribution is 0.674. The molecule has 226 valence electrons. The number of fused-ring (bicyclic) bond motifs is 5. The van der Waals surface area contributed by atoms with Gasteiger partial charge in [0.1, 0.15) is 11.2 Å². The highest BCUT2D eigenvalue weighted by molar-refractivity contribution is 6.22. The van der Waals surface area contributed by atoms with E-state index in [-0.39, 0.29) is 0 Å². The number of rotatable bonds is 6. The Morgan fingerprint density at radius 3 is 1.67 bits per heavy atom. The first-order chi connectivity index (χ1) is 23.8. The summed E-state index contributed by atoms with van der Waals surface area (Å²) in [4.78, 5) is 2.36. The number of hydrogen-bond donors (Lipinski definition) is 0. The molecule has 0 amide bonds. The van der Waals surface area contributed by atoms with Crippen molar-refractivity contribution in [2.75, 3.05) is 4.90 Å². The third-order valence-electron chi connectivity index (χ3n) is 9.28. The molecule has 0 radical (unpaired) electrons. The summed E-state index contributed by atoms with van der Waals surface area (Å²) in [5.41, 5.74) is 12.0. The zero-order valence-corrected chi connectivity index (χ0v) is 26.3. The monoisotopic (exact) mass is 613 g/mol. The van der Waals surface area contributed by atoms with Gasteiger partial charge in [-0.05, 0) is 75.7 Å². The van der Waals surface area contributed by atoms with Gasteiger partial charge in [-0.15, -0.1) is 0 Å². The number of anilines is 3. The minimum Gasteiger partial charge on any atom is -0.455 e. The molecule has 0 aliphatic carbocycles. The van der Waals surface area contributed by atoms with Crippen molar-refractivity contribution in [2.45, 2.75) is 0 Å². The summed E-state index contributed by atoms with van der Waals surface area (Å²) >= 11 is 0. The van der Waals surface area contributed by atoms with Crippen molar-refractivity contribution >= 4 is 49.8 Å². The third kappa shape index (κ3) is 4.74. The van der Waals surface area contributed by atoms with Crippen molar-refractivity contribution in [1.29, 1.82) is 0 Å². The predicted molar refractivity (Wildman–Crippen MR) is 202 cm³/mol. The number of nitrogens with zero attached hydrogens (tertiary/aromatic N) is 1. The van der Waals surface area contributed by atoms with E-state index in [1.54, 1.807) is 0 Å². The standard InChI is InChI=1S/C46H31NO/c1-4-14-32(15-5-1)33-24-27-37(28-25-33)47(36-19-8-3-9-20-36)43-31-30-41(40-23-13-12-21-38(40)34-16-6-2-7-17-34)46-44(43)42-29-26-35-18-10-11-22-39(35)45(42)48-46/h1-31H. The molecule has 0 unspecified atom stereocenters. The first kappa shape index (κ1) is 27.9.